The molecule has 1 unspecified atom stereocenters. The average molecular weight is 237 g/mol. The Balaban J connectivity index is 1.78. The van der Waals surface area contributed by atoms with Gasteiger partial charge in [0.15, 0.2) is 5.13 Å². The van der Waals surface area contributed by atoms with Crippen LogP contribution in [0.1, 0.15) is 30.9 Å². The number of likely N-dealkylation sites (N-methyl/N-ethyl adjacent to an activating group) is 1. The highest BCUT2D eigenvalue weighted by molar-refractivity contribution is 7.14. The Morgan fingerprint density at radius 1 is 1.50 bits per heavy atom. The Labute approximate surface area is 98.7 Å². The number of amides is 1. The largest absolute Gasteiger partial charge is 0.309 e. The van der Waals surface area contributed by atoms with Crippen molar-refractivity contribution in [3.63, 3.8) is 0 Å². The summed E-state index contributed by atoms with van der Waals surface area (Å²) in [4.78, 5) is 18.3. The summed E-state index contributed by atoms with van der Waals surface area (Å²) in [6.45, 7) is 0.794. The molecule has 0 spiro atoms. The third kappa shape index (κ3) is 1.64. The van der Waals surface area contributed by atoms with Crippen LogP contribution >= 0.6 is 11.3 Å². The molecular weight excluding hydrogens is 222 g/mol. The second kappa shape index (κ2) is 3.82. The Morgan fingerprint density at radius 2 is 2.31 bits per heavy atom. The van der Waals surface area contributed by atoms with E-state index in [1.807, 2.05) is 11.9 Å². The Hall–Kier alpha value is -0.940. The van der Waals surface area contributed by atoms with E-state index in [-0.39, 0.29) is 11.9 Å². The quantitative estimate of drug-likeness (QED) is 0.863. The molecule has 2 heterocycles. The Bertz CT molecular complexity index is 413. The number of rotatable bonds is 3. The normalized spacial score (nSPS) is 25.4. The summed E-state index contributed by atoms with van der Waals surface area (Å²) < 4.78 is 0. The minimum atomic E-state index is -0.0201. The fraction of sp³-hybridized carbons (Fsp3) is 0.636. The maximum atomic E-state index is 12.0. The first-order valence-corrected chi connectivity index (χ1v) is 6.61. The topological polar surface area (TPSA) is 45.2 Å². The zero-order chi connectivity index (χ0) is 11.1. The summed E-state index contributed by atoms with van der Waals surface area (Å²) in [5.74, 6) is 0.835. The van der Waals surface area contributed by atoms with Crippen molar-refractivity contribution >= 4 is 22.4 Å². The molecule has 1 atom stereocenters. The van der Waals surface area contributed by atoms with Crippen LogP contribution in [0.3, 0.4) is 0 Å². The predicted molar refractivity (Wildman–Crippen MR) is 63.9 cm³/mol. The first-order valence-electron chi connectivity index (χ1n) is 5.73. The molecule has 5 heteroatoms. The predicted octanol–water partition coefficient (Wildman–Crippen LogP) is 1.35. The van der Waals surface area contributed by atoms with Crippen LogP contribution < -0.4 is 10.2 Å². The van der Waals surface area contributed by atoms with Crippen molar-refractivity contribution in [2.75, 3.05) is 18.5 Å². The number of hydrogen-bond acceptors (Lipinski definition) is 4. The summed E-state index contributed by atoms with van der Waals surface area (Å²) >= 11 is 1.60. The van der Waals surface area contributed by atoms with E-state index in [0.717, 1.165) is 18.1 Å². The molecule has 1 aromatic rings. The number of nitrogens with zero attached hydrogens (tertiary/aromatic N) is 2. The summed E-state index contributed by atoms with van der Waals surface area (Å²) in [6, 6.07) is -0.0201. The summed E-state index contributed by atoms with van der Waals surface area (Å²) in [7, 11) is 1.84. The molecule has 86 valence electrons. The third-order valence-corrected chi connectivity index (χ3v) is 4.17. The maximum absolute atomic E-state index is 12.0. The first-order chi connectivity index (χ1) is 7.79. The van der Waals surface area contributed by atoms with E-state index >= 15 is 0 Å². The van der Waals surface area contributed by atoms with Crippen LogP contribution in [0.4, 0.5) is 5.13 Å². The molecule has 0 bridgehead atoms. The second-order valence-electron chi connectivity index (χ2n) is 4.45. The highest BCUT2D eigenvalue weighted by Crippen LogP contribution is 2.41. The van der Waals surface area contributed by atoms with Crippen molar-refractivity contribution < 1.29 is 4.79 Å². The third-order valence-electron chi connectivity index (χ3n) is 3.29. The van der Waals surface area contributed by atoms with Gasteiger partial charge in [-0.25, -0.2) is 4.98 Å². The van der Waals surface area contributed by atoms with Gasteiger partial charge in [0.2, 0.25) is 5.91 Å². The molecule has 1 amide bonds. The van der Waals surface area contributed by atoms with Gasteiger partial charge in [0.1, 0.15) is 0 Å². The fourth-order valence-corrected chi connectivity index (χ4v) is 3.04. The standard InChI is InChI=1S/C11H15N3OS/c1-12-8-4-5-14(10(8)15)11-13-9(6-16-11)7-2-3-7/h6-8,12H,2-5H2,1H3. The van der Waals surface area contributed by atoms with Gasteiger partial charge < -0.3 is 5.32 Å². The van der Waals surface area contributed by atoms with Gasteiger partial charge in [-0.15, -0.1) is 11.3 Å². The average Bonchev–Trinajstić information content (AvgIpc) is 2.91. The fourth-order valence-electron chi connectivity index (χ4n) is 2.10. The van der Waals surface area contributed by atoms with Crippen LogP contribution in [0, 0.1) is 0 Å². The molecule has 16 heavy (non-hydrogen) atoms. The molecule has 1 aliphatic heterocycles. The van der Waals surface area contributed by atoms with E-state index in [1.54, 1.807) is 11.3 Å². The molecule has 0 aromatic carbocycles. The van der Waals surface area contributed by atoms with Crippen molar-refractivity contribution in [3.05, 3.63) is 11.1 Å². The molecule has 4 nitrogen and oxygen atoms in total. The van der Waals surface area contributed by atoms with E-state index in [2.05, 4.69) is 15.7 Å². The van der Waals surface area contributed by atoms with Crippen LogP contribution in [0.15, 0.2) is 5.38 Å². The number of carbonyl (C=O) groups excluding carboxylic acids is 1. The number of hydrogen-bond donors (Lipinski definition) is 1. The Kier molecular flexibility index (Phi) is 2.44. The lowest BCUT2D eigenvalue weighted by Crippen LogP contribution is -2.36. The lowest BCUT2D eigenvalue weighted by Gasteiger charge is -2.12. The van der Waals surface area contributed by atoms with Gasteiger partial charge in [0.25, 0.3) is 0 Å². The highest BCUT2D eigenvalue weighted by Gasteiger charge is 2.34. The van der Waals surface area contributed by atoms with Crippen molar-refractivity contribution in [3.8, 4) is 0 Å². The summed E-state index contributed by atoms with van der Waals surface area (Å²) in [5, 5.41) is 6.02. The number of nitrogens with one attached hydrogen (secondary N) is 1. The van der Waals surface area contributed by atoms with Crippen LogP contribution in [-0.4, -0.2) is 30.5 Å². The van der Waals surface area contributed by atoms with Crippen molar-refractivity contribution in [2.24, 2.45) is 0 Å². The van der Waals surface area contributed by atoms with Gasteiger partial charge >= 0.3 is 0 Å². The molecular formula is C11H15N3OS. The monoisotopic (exact) mass is 237 g/mol. The molecule has 1 aromatic heterocycles. The number of thiazole rings is 1. The van der Waals surface area contributed by atoms with Crippen molar-refractivity contribution in [2.45, 2.75) is 31.2 Å². The minimum Gasteiger partial charge on any atom is -0.309 e. The molecule has 2 aliphatic rings. The van der Waals surface area contributed by atoms with Gasteiger partial charge in [-0.05, 0) is 26.3 Å². The molecule has 0 radical (unpaired) electrons. The zero-order valence-electron chi connectivity index (χ0n) is 9.27. The maximum Gasteiger partial charge on any atom is 0.245 e. The van der Waals surface area contributed by atoms with Gasteiger partial charge in [-0.2, -0.15) is 0 Å². The molecule has 2 fully saturated rings. The SMILES string of the molecule is CNC1CCN(c2nc(C3CC3)cs2)C1=O. The van der Waals surface area contributed by atoms with Crippen molar-refractivity contribution in [1.29, 1.82) is 0 Å². The van der Waals surface area contributed by atoms with Gasteiger partial charge in [-0.1, -0.05) is 0 Å². The van der Waals surface area contributed by atoms with Gasteiger partial charge in [0, 0.05) is 17.8 Å². The van der Waals surface area contributed by atoms with Gasteiger partial charge in [-0.3, -0.25) is 9.69 Å². The van der Waals surface area contributed by atoms with E-state index in [0.29, 0.717) is 5.92 Å². The number of carbonyl (C=O) groups is 1. The van der Waals surface area contributed by atoms with E-state index < -0.39 is 0 Å². The van der Waals surface area contributed by atoms with Crippen molar-refractivity contribution in [1.82, 2.24) is 10.3 Å². The molecule has 1 saturated carbocycles. The number of aromatic nitrogens is 1. The van der Waals surface area contributed by atoms with Crippen LogP contribution in [0.25, 0.3) is 0 Å². The molecule has 1 aliphatic carbocycles. The second-order valence-corrected chi connectivity index (χ2v) is 5.29. The minimum absolute atomic E-state index is 0.0201. The molecule has 1 saturated heterocycles. The summed E-state index contributed by atoms with van der Waals surface area (Å²) in [6.07, 6.45) is 3.40. The van der Waals surface area contributed by atoms with Crippen LogP contribution in [0.2, 0.25) is 0 Å². The van der Waals surface area contributed by atoms with Crippen LogP contribution in [-0.2, 0) is 4.79 Å². The number of anilines is 1. The van der Waals surface area contributed by atoms with Crippen LogP contribution in [0.5, 0.6) is 0 Å². The Morgan fingerprint density at radius 3 is 2.94 bits per heavy atom. The lowest BCUT2D eigenvalue weighted by molar-refractivity contribution is -0.118. The zero-order valence-corrected chi connectivity index (χ0v) is 10.1. The van der Waals surface area contributed by atoms with E-state index in [1.165, 1.54) is 18.5 Å². The molecule has 3 rings (SSSR count). The van der Waals surface area contributed by atoms with E-state index in [9.17, 15) is 4.79 Å². The smallest absolute Gasteiger partial charge is 0.245 e. The molecule has 1 N–H and O–H groups in total. The van der Waals surface area contributed by atoms with E-state index in [4.69, 9.17) is 0 Å². The highest BCUT2D eigenvalue weighted by atomic mass is 32.1. The summed E-state index contributed by atoms with van der Waals surface area (Å²) in [5.41, 5.74) is 1.18. The van der Waals surface area contributed by atoms with Gasteiger partial charge in [0.05, 0.1) is 11.7 Å². The first kappa shape index (κ1) is 10.2. The lowest BCUT2D eigenvalue weighted by atomic mass is 10.3.